The largest absolute Gasteiger partial charge is 0.497 e. The van der Waals surface area contributed by atoms with Crippen LogP contribution in [0.5, 0.6) is 5.75 Å². The van der Waals surface area contributed by atoms with E-state index in [0.29, 0.717) is 13.1 Å². The molecule has 2 rings (SSSR count). The maximum Gasteiger partial charge on any atom is 0.211 e. The topological polar surface area (TPSA) is 49.9 Å². The summed E-state index contributed by atoms with van der Waals surface area (Å²) in [6.45, 7) is 3.78. The van der Waals surface area contributed by atoms with Crippen LogP contribution in [0.4, 0.5) is 0 Å². The quantitative estimate of drug-likeness (QED) is 0.807. The van der Waals surface area contributed by atoms with Gasteiger partial charge in [0.25, 0.3) is 0 Å². The fraction of sp³-hybridized carbons (Fsp3) is 0.571. The second-order valence-corrected chi connectivity index (χ2v) is 7.08. The predicted octanol–water partition coefficient (Wildman–Crippen LogP) is 0.815. The molecule has 1 saturated heterocycles. The van der Waals surface area contributed by atoms with Gasteiger partial charge in [0, 0.05) is 32.7 Å². The van der Waals surface area contributed by atoms with E-state index >= 15 is 0 Å². The third-order valence-corrected chi connectivity index (χ3v) is 4.98. The first-order chi connectivity index (χ1) is 9.49. The van der Waals surface area contributed by atoms with Crippen molar-refractivity contribution in [2.75, 3.05) is 46.1 Å². The van der Waals surface area contributed by atoms with Crippen LogP contribution in [0.2, 0.25) is 0 Å². The van der Waals surface area contributed by atoms with Crippen molar-refractivity contribution in [3.63, 3.8) is 0 Å². The van der Waals surface area contributed by atoms with Crippen molar-refractivity contribution in [3.8, 4) is 5.75 Å². The van der Waals surface area contributed by atoms with Crippen molar-refractivity contribution in [1.29, 1.82) is 0 Å². The molecule has 0 N–H and O–H groups in total. The molecule has 112 valence electrons. The van der Waals surface area contributed by atoms with Gasteiger partial charge in [-0.2, -0.15) is 4.31 Å². The predicted molar refractivity (Wildman–Crippen MR) is 79.6 cm³/mol. The van der Waals surface area contributed by atoms with Crippen molar-refractivity contribution in [1.82, 2.24) is 9.21 Å². The van der Waals surface area contributed by atoms with Gasteiger partial charge in [-0.25, -0.2) is 8.42 Å². The minimum absolute atomic E-state index is 0.599. The Morgan fingerprint density at radius 1 is 1.10 bits per heavy atom. The number of rotatable bonds is 5. The Morgan fingerprint density at radius 2 is 1.70 bits per heavy atom. The Bertz CT molecular complexity index is 520. The number of benzene rings is 1. The smallest absolute Gasteiger partial charge is 0.211 e. The highest BCUT2D eigenvalue weighted by Gasteiger charge is 2.22. The molecule has 1 aliphatic heterocycles. The molecule has 0 bridgehead atoms. The Labute approximate surface area is 121 Å². The minimum Gasteiger partial charge on any atom is -0.497 e. The third kappa shape index (κ3) is 4.19. The summed E-state index contributed by atoms with van der Waals surface area (Å²) in [6.07, 6.45) is 2.25. The SMILES string of the molecule is COc1ccc(CCN2CCN(S(C)(=O)=O)CC2)cc1. The lowest BCUT2D eigenvalue weighted by Crippen LogP contribution is -2.48. The maximum atomic E-state index is 11.4. The molecule has 0 amide bonds. The molecular weight excluding hydrogens is 276 g/mol. The first-order valence-electron chi connectivity index (χ1n) is 6.79. The van der Waals surface area contributed by atoms with Crippen LogP contribution in [0.25, 0.3) is 0 Å². The van der Waals surface area contributed by atoms with E-state index in [1.807, 2.05) is 12.1 Å². The highest BCUT2D eigenvalue weighted by atomic mass is 32.2. The molecule has 1 aromatic rings. The second-order valence-electron chi connectivity index (χ2n) is 5.10. The molecule has 1 fully saturated rings. The van der Waals surface area contributed by atoms with Crippen molar-refractivity contribution < 1.29 is 13.2 Å². The lowest BCUT2D eigenvalue weighted by Gasteiger charge is -2.33. The lowest BCUT2D eigenvalue weighted by molar-refractivity contribution is 0.191. The molecular formula is C14H22N2O3S. The maximum absolute atomic E-state index is 11.4. The molecule has 0 spiro atoms. The van der Waals surface area contributed by atoms with Crippen molar-refractivity contribution in [2.45, 2.75) is 6.42 Å². The van der Waals surface area contributed by atoms with Gasteiger partial charge in [0.05, 0.1) is 13.4 Å². The fourth-order valence-corrected chi connectivity index (χ4v) is 3.19. The summed E-state index contributed by atoms with van der Waals surface area (Å²) >= 11 is 0. The summed E-state index contributed by atoms with van der Waals surface area (Å²) in [4.78, 5) is 2.31. The molecule has 1 aromatic carbocycles. The average molecular weight is 298 g/mol. The third-order valence-electron chi connectivity index (χ3n) is 3.68. The van der Waals surface area contributed by atoms with E-state index < -0.39 is 10.0 Å². The second kappa shape index (κ2) is 6.56. The van der Waals surface area contributed by atoms with Gasteiger partial charge >= 0.3 is 0 Å². The molecule has 0 aliphatic carbocycles. The van der Waals surface area contributed by atoms with E-state index in [0.717, 1.165) is 31.8 Å². The molecule has 0 unspecified atom stereocenters. The molecule has 6 heteroatoms. The molecule has 20 heavy (non-hydrogen) atoms. The standard InChI is InChI=1S/C14H22N2O3S/c1-19-14-5-3-13(4-6-14)7-8-15-9-11-16(12-10-15)20(2,17)18/h3-6H,7-12H2,1-2H3. The molecule has 1 aliphatic rings. The summed E-state index contributed by atoms with van der Waals surface area (Å²) in [7, 11) is -1.37. The fourth-order valence-electron chi connectivity index (χ4n) is 2.36. The van der Waals surface area contributed by atoms with E-state index in [1.54, 1.807) is 11.4 Å². The number of methoxy groups -OCH3 is 1. The van der Waals surface area contributed by atoms with Gasteiger partial charge in [-0.1, -0.05) is 12.1 Å². The number of nitrogens with zero attached hydrogens (tertiary/aromatic N) is 2. The normalized spacial score (nSPS) is 18.1. The Balaban J connectivity index is 1.78. The van der Waals surface area contributed by atoms with Gasteiger partial charge in [0.1, 0.15) is 5.75 Å². The van der Waals surface area contributed by atoms with Crippen LogP contribution in [0, 0.1) is 0 Å². The summed E-state index contributed by atoms with van der Waals surface area (Å²) in [5, 5.41) is 0. The van der Waals surface area contributed by atoms with Crippen LogP contribution in [0.1, 0.15) is 5.56 Å². The highest BCUT2D eigenvalue weighted by molar-refractivity contribution is 7.88. The van der Waals surface area contributed by atoms with Crippen molar-refractivity contribution in [3.05, 3.63) is 29.8 Å². The van der Waals surface area contributed by atoms with E-state index in [1.165, 1.54) is 11.8 Å². The monoisotopic (exact) mass is 298 g/mol. The zero-order valence-corrected chi connectivity index (χ0v) is 12.9. The van der Waals surface area contributed by atoms with Crippen LogP contribution in [0.3, 0.4) is 0 Å². The summed E-state index contributed by atoms with van der Waals surface area (Å²) < 4.78 is 29.5. The first kappa shape index (κ1) is 15.3. The molecule has 0 saturated carbocycles. The van der Waals surface area contributed by atoms with Crippen LogP contribution < -0.4 is 4.74 Å². The van der Waals surface area contributed by atoms with Gasteiger partial charge in [-0.15, -0.1) is 0 Å². The highest BCUT2D eigenvalue weighted by Crippen LogP contribution is 2.13. The number of hydrogen-bond acceptors (Lipinski definition) is 4. The van der Waals surface area contributed by atoms with Crippen molar-refractivity contribution in [2.24, 2.45) is 0 Å². The van der Waals surface area contributed by atoms with Crippen LogP contribution in [-0.4, -0.2) is 63.7 Å². The van der Waals surface area contributed by atoms with Gasteiger partial charge in [0.2, 0.25) is 10.0 Å². The van der Waals surface area contributed by atoms with Gasteiger partial charge in [0.15, 0.2) is 0 Å². The lowest BCUT2D eigenvalue weighted by atomic mass is 10.1. The molecule has 1 heterocycles. The van der Waals surface area contributed by atoms with Crippen LogP contribution in [0.15, 0.2) is 24.3 Å². The molecule has 0 aromatic heterocycles. The van der Waals surface area contributed by atoms with E-state index in [-0.39, 0.29) is 0 Å². The number of ether oxygens (including phenoxy) is 1. The van der Waals surface area contributed by atoms with E-state index in [2.05, 4.69) is 17.0 Å². The number of piperazine rings is 1. The Hall–Kier alpha value is -1.11. The summed E-state index contributed by atoms with van der Waals surface area (Å²) in [5.41, 5.74) is 1.27. The molecule has 5 nitrogen and oxygen atoms in total. The van der Waals surface area contributed by atoms with Crippen LogP contribution >= 0.6 is 0 Å². The minimum atomic E-state index is -3.03. The number of hydrogen-bond donors (Lipinski definition) is 0. The average Bonchev–Trinajstić information content (AvgIpc) is 2.45. The van der Waals surface area contributed by atoms with E-state index in [4.69, 9.17) is 4.74 Å². The number of sulfonamides is 1. The molecule has 0 radical (unpaired) electrons. The Morgan fingerprint density at radius 3 is 2.20 bits per heavy atom. The summed E-state index contributed by atoms with van der Waals surface area (Å²) in [5.74, 6) is 0.871. The van der Waals surface area contributed by atoms with Gasteiger partial charge in [-0.05, 0) is 24.1 Å². The zero-order chi connectivity index (χ0) is 14.6. The first-order valence-corrected chi connectivity index (χ1v) is 8.64. The zero-order valence-electron chi connectivity index (χ0n) is 12.1. The summed E-state index contributed by atoms with van der Waals surface area (Å²) in [6, 6.07) is 8.09. The molecule has 0 atom stereocenters. The van der Waals surface area contributed by atoms with Gasteiger partial charge < -0.3 is 9.64 Å². The van der Waals surface area contributed by atoms with Gasteiger partial charge in [-0.3, -0.25) is 0 Å². The Kier molecular flexibility index (Phi) is 5.01. The van der Waals surface area contributed by atoms with E-state index in [9.17, 15) is 8.42 Å². The van der Waals surface area contributed by atoms with Crippen LogP contribution in [-0.2, 0) is 16.4 Å². The van der Waals surface area contributed by atoms with Crippen molar-refractivity contribution >= 4 is 10.0 Å².